The second-order valence-corrected chi connectivity index (χ2v) is 8.80. The lowest BCUT2D eigenvalue weighted by Gasteiger charge is -2.23. The van der Waals surface area contributed by atoms with Gasteiger partial charge in [-0.25, -0.2) is 4.98 Å². The lowest BCUT2D eigenvalue weighted by atomic mass is 9.78. The molecule has 1 aliphatic rings. The molecular weight excluding hydrogens is 382 g/mol. The number of benzene rings is 3. The molecule has 0 saturated carbocycles. The highest BCUT2D eigenvalue weighted by atomic mass is 16.3. The number of pyridine rings is 1. The van der Waals surface area contributed by atoms with E-state index in [4.69, 9.17) is 13.8 Å². The maximum atomic E-state index is 6.34. The molecule has 6 aromatic rings. The van der Waals surface area contributed by atoms with Crippen molar-refractivity contribution >= 4 is 33.0 Å². The summed E-state index contributed by atoms with van der Waals surface area (Å²) in [5, 5.41) is 2.23. The normalized spacial score (nSPS) is 14.4. The Morgan fingerprint density at radius 1 is 0.613 bits per heavy atom. The predicted molar refractivity (Wildman–Crippen MR) is 124 cm³/mol. The topological polar surface area (TPSA) is 39.2 Å². The van der Waals surface area contributed by atoms with E-state index in [0.717, 1.165) is 50.2 Å². The number of aromatic nitrogens is 1. The summed E-state index contributed by atoms with van der Waals surface area (Å²) >= 11 is 0. The zero-order valence-corrected chi connectivity index (χ0v) is 17.3. The molecule has 3 nitrogen and oxygen atoms in total. The molecule has 0 unspecified atom stereocenters. The number of rotatable bonds is 1. The average Bonchev–Trinajstić information content (AvgIpc) is 3.42. The molecule has 148 valence electrons. The Hall–Kier alpha value is -3.85. The van der Waals surface area contributed by atoms with Gasteiger partial charge in [-0.2, -0.15) is 0 Å². The number of furan rings is 2. The Balaban J connectivity index is 1.52. The minimum absolute atomic E-state index is 0.192. The van der Waals surface area contributed by atoms with Crippen molar-refractivity contribution < 1.29 is 8.83 Å². The van der Waals surface area contributed by atoms with Crippen LogP contribution in [-0.2, 0) is 5.41 Å². The van der Waals surface area contributed by atoms with Gasteiger partial charge in [-0.05, 0) is 35.9 Å². The molecule has 0 N–H and O–H groups in total. The van der Waals surface area contributed by atoms with E-state index in [1.165, 1.54) is 16.5 Å². The second kappa shape index (κ2) is 5.64. The highest BCUT2D eigenvalue weighted by molar-refractivity contribution is 6.03. The van der Waals surface area contributed by atoms with Gasteiger partial charge in [0.2, 0.25) is 0 Å². The zero-order chi connectivity index (χ0) is 20.7. The molecule has 0 spiro atoms. The van der Waals surface area contributed by atoms with Crippen LogP contribution in [0.5, 0.6) is 0 Å². The van der Waals surface area contributed by atoms with E-state index in [1.54, 1.807) is 0 Å². The number of hydrogen-bond acceptors (Lipinski definition) is 3. The standard InChI is InChI=1S/C28H19NO2/c1-28(2)24-16(20-14-15-23-26(29-20)18-9-4-6-13-22(18)30-23)10-7-11-19(24)27-25(28)17-8-3-5-12-21(17)31-27/h3-15H,1-2H3. The van der Waals surface area contributed by atoms with Gasteiger partial charge in [0.1, 0.15) is 22.4 Å². The van der Waals surface area contributed by atoms with Crippen LogP contribution >= 0.6 is 0 Å². The minimum atomic E-state index is -0.192. The third kappa shape index (κ3) is 2.10. The molecule has 1 aliphatic carbocycles. The molecule has 0 bridgehead atoms. The summed E-state index contributed by atoms with van der Waals surface area (Å²) in [6.45, 7) is 4.57. The fourth-order valence-electron chi connectivity index (χ4n) is 5.35. The first-order chi connectivity index (χ1) is 15.1. The highest BCUT2D eigenvalue weighted by Crippen LogP contribution is 2.55. The van der Waals surface area contributed by atoms with Gasteiger partial charge < -0.3 is 8.83 Å². The van der Waals surface area contributed by atoms with E-state index in [-0.39, 0.29) is 5.41 Å². The van der Waals surface area contributed by atoms with Crippen LogP contribution < -0.4 is 0 Å². The number of nitrogens with zero attached hydrogens (tertiary/aromatic N) is 1. The van der Waals surface area contributed by atoms with Crippen molar-refractivity contribution in [3.63, 3.8) is 0 Å². The Morgan fingerprint density at radius 3 is 2.16 bits per heavy atom. The van der Waals surface area contributed by atoms with Crippen LogP contribution in [0, 0.1) is 0 Å². The summed E-state index contributed by atoms with van der Waals surface area (Å²) in [7, 11) is 0. The Bertz CT molecular complexity index is 1670. The SMILES string of the molecule is CC1(C)c2c(-c3ccc4oc5ccccc5c4n3)cccc2-c2oc3ccccc3c21. The first kappa shape index (κ1) is 16.9. The molecule has 0 aliphatic heterocycles. The largest absolute Gasteiger partial charge is 0.456 e. The summed E-state index contributed by atoms with van der Waals surface area (Å²) in [6, 6.07) is 26.9. The molecule has 3 heterocycles. The molecular formula is C28H19NO2. The summed E-state index contributed by atoms with van der Waals surface area (Å²) < 4.78 is 12.3. The Morgan fingerprint density at radius 2 is 1.32 bits per heavy atom. The second-order valence-electron chi connectivity index (χ2n) is 8.80. The quantitative estimate of drug-likeness (QED) is 0.283. The van der Waals surface area contributed by atoms with E-state index in [0.29, 0.717) is 0 Å². The molecule has 7 rings (SSSR count). The van der Waals surface area contributed by atoms with Gasteiger partial charge in [-0.1, -0.05) is 62.4 Å². The molecule has 3 heteroatoms. The van der Waals surface area contributed by atoms with Crippen molar-refractivity contribution in [2.75, 3.05) is 0 Å². The molecule has 0 amide bonds. The molecule has 3 aromatic carbocycles. The van der Waals surface area contributed by atoms with Crippen LogP contribution in [0.1, 0.15) is 25.0 Å². The van der Waals surface area contributed by atoms with Gasteiger partial charge in [0.15, 0.2) is 5.58 Å². The summed E-state index contributed by atoms with van der Waals surface area (Å²) in [5.41, 5.74) is 9.14. The number of para-hydroxylation sites is 2. The van der Waals surface area contributed by atoms with Crippen LogP contribution in [0.25, 0.3) is 55.6 Å². The fourth-order valence-corrected chi connectivity index (χ4v) is 5.35. The van der Waals surface area contributed by atoms with Gasteiger partial charge in [0, 0.05) is 32.9 Å². The van der Waals surface area contributed by atoms with E-state index in [1.807, 2.05) is 36.4 Å². The summed E-state index contributed by atoms with van der Waals surface area (Å²) in [6.07, 6.45) is 0. The number of hydrogen-bond donors (Lipinski definition) is 0. The fraction of sp³-hybridized carbons (Fsp3) is 0.107. The van der Waals surface area contributed by atoms with Crippen LogP contribution in [0.15, 0.2) is 87.7 Å². The third-order valence-electron chi connectivity index (χ3n) is 6.65. The van der Waals surface area contributed by atoms with Gasteiger partial charge in [0.05, 0.1) is 5.69 Å². The van der Waals surface area contributed by atoms with Crippen molar-refractivity contribution in [3.8, 4) is 22.6 Å². The van der Waals surface area contributed by atoms with Gasteiger partial charge in [-0.3, -0.25) is 0 Å². The molecule has 0 radical (unpaired) electrons. The monoisotopic (exact) mass is 401 g/mol. The van der Waals surface area contributed by atoms with E-state index < -0.39 is 0 Å². The molecule has 0 saturated heterocycles. The highest BCUT2D eigenvalue weighted by Gasteiger charge is 2.42. The maximum Gasteiger partial charge on any atom is 0.153 e. The van der Waals surface area contributed by atoms with Crippen LogP contribution in [-0.4, -0.2) is 4.98 Å². The van der Waals surface area contributed by atoms with E-state index >= 15 is 0 Å². The smallest absolute Gasteiger partial charge is 0.153 e. The number of fused-ring (bicyclic) bond motifs is 8. The average molecular weight is 401 g/mol. The zero-order valence-electron chi connectivity index (χ0n) is 17.3. The predicted octanol–water partition coefficient (Wildman–Crippen LogP) is 7.70. The Kier molecular flexibility index (Phi) is 3.07. The first-order valence-electron chi connectivity index (χ1n) is 10.6. The van der Waals surface area contributed by atoms with Crippen molar-refractivity contribution in [1.29, 1.82) is 0 Å². The third-order valence-corrected chi connectivity index (χ3v) is 6.65. The molecule has 0 fully saturated rings. The summed E-state index contributed by atoms with van der Waals surface area (Å²) in [5.74, 6) is 0.984. The van der Waals surface area contributed by atoms with Gasteiger partial charge in [-0.15, -0.1) is 0 Å². The van der Waals surface area contributed by atoms with Crippen molar-refractivity contribution in [2.45, 2.75) is 19.3 Å². The van der Waals surface area contributed by atoms with Crippen LogP contribution in [0.4, 0.5) is 0 Å². The van der Waals surface area contributed by atoms with Gasteiger partial charge >= 0.3 is 0 Å². The van der Waals surface area contributed by atoms with Gasteiger partial charge in [0.25, 0.3) is 0 Å². The maximum absolute atomic E-state index is 6.34. The first-order valence-corrected chi connectivity index (χ1v) is 10.6. The lowest BCUT2D eigenvalue weighted by molar-refractivity contribution is 0.619. The molecule has 3 aromatic heterocycles. The van der Waals surface area contributed by atoms with Crippen LogP contribution in [0.2, 0.25) is 0 Å². The molecule has 31 heavy (non-hydrogen) atoms. The lowest BCUT2D eigenvalue weighted by Crippen LogP contribution is -2.16. The van der Waals surface area contributed by atoms with E-state index in [9.17, 15) is 0 Å². The Labute approximate surface area is 178 Å². The minimum Gasteiger partial charge on any atom is -0.456 e. The molecule has 0 atom stereocenters. The van der Waals surface area contributed by atoms with E-state index in [2.05, 4.69) is 56.3 Å². The van der Waals surface area contributed by atoms with Crippen molar-refractivity contribution in [2.24, 2.45) is 0 Å². The van der Waals surface area contributed by atoms with Crippen molar-refractivity contribution in [3.05, 3.63) is 90.0 Å². The van der Waals surface area contributed by atoms with Crippen molar-refractivity contribution in [1.82, 2.24) is 4.98 Å². The van der Waals surface area contributed by atoms with Crippen LogP contribution in [0.3, 0.4) is 0 Å². The summed E-state index contributed by atoms with van der Waals surface area (Å²) in [4.78, 5) is 5.06.